The summed E-state index contributed by atoms with van der Waals surface area (Å²) in [6.45, 7) is 4.60. The molecule has 0 saturated carbocycles. The molecule has 3 heterocycles. The number of pyridine rings is 1. The number of aryl methyl sites for hydroxylation is 1. The fourth-order valence-corrected chi connectivity index (χ4v) is 4.27. The van der Waals surface area contributed by atoms with E-state index in [0.29, 0.717) is 18.8 Å². The Morgan fingerprint density at radius 3 is 2.88 bits per heavy atom. The quantitative estimate of drug-likeness (QED) is 0.425. The molecular formula is C25H31N7O2. The molecule has 1 aliphatic heterocycles. The molecule has 3 atom stereocenters. The molecule has 1 saturated heterocycles. The highest BCUT2D eigenvalue weighted by molar-refractivity contribution is 5.89. The summed E-state index contributed by atoms with van der Waals surface area (Å²) in [5, 5.41) is 13.3. The maximum Gasteiger partial charge on any atom is 0.242 e. The van der Waals surface area contributed by atoms with Crippen LogP contribution in [0.1, 0.15) is 42.5 Å². The standard InChI is InChI=1S/C25H31N7O2/c1-16-20(7-8-23(26)30-16)15-28-24(33)17(2)31-25(34)22-14-19(9-11-27-22)18-5-3-6-21(13-18)32-12-4-10-29-32/h3-8,10,12-13,17,19,22,27H,9,11,14-15H2,1-2H3,(H2,26,30)(H,28,33)(H,31,34)/t17?,19-,22+/m0/s1. The van der Waals surface area contributed by atoms with Crippen molar-refractivity contribution in [3.8, 4) is 5.69 Å². The maximum atomic E-state index is 12.9. The van der Waals surface area contributed by atoms with E-state index in [2.05, 4.69) is 38.2 Å². The van der Waals surface area contributed by atoms with Gasteiger partial charge in [-0.3, -0.25) is 9.59 Å². The number of nitrogens with two attached hydrogens (primary N) is 1. The molecule has 0 spiro atoms. The summed E-state index contributed by atoms with van der Waals surface area (Å²) in [7, 11) is 0. The second-order valence-electron chi connectivity index (χ2n) is 8.70. The maximum absolute atomic E-state index is 12.9. The molecule has 1 aliphatic rings. The number of amides is 2. The minimum absolute atomic E-state index is 0.166. The summed E-state index contributed by atoms with van der Waals surface area (Å²) in [6.07, 6.45) is 5.27. The zero-order valence-electron chi connectivity index (χ0n) is 19.5. The number of carbonyl (C=O) groups excluding carboxylic acids is 2. The van der Waals surface area contributed by atoms with Gasteiger partial charge < -0.3 is 21.7 Å². The number of benzene rings is 1. The number of carbonyl (C=O) groups is 2. The Kier molecular flexibility index (Phi) is 7.22. The van der Waals surface area contributed by atoms with Crippen LogP contribution in [0.4, 0.5) is 5.82 Å². The number of rotatable bonds is 7. The lowest BCUT2D eigenvalue weighted by molar-refractivity contribution is -0.130. The molecule has 34 heavy (non-hydrogen) atoms. The molecule has 2 aromatic heterocycles. The summed E-state index contributed by atoms with van der Waals surface area (Å²) in [6, 6.07) is 12.7. The number of nitrogen functional groups attached to an aromatic ring is 1. The van der Waals surface area contributed by atoms with Crippen LogP contribution >= 0.6 is 0 Å². The van der Waals surface area contributed by atoms with Crippen LogP contribution in [0, 0.1) is 6.92 Å². The van der Waals surface area contributed by atoms with Crippen molar-refractivity contribution in [3.63, 3.8) is 0 Å². The van der Waals surface area contributed by atoms with Gasteiger partial charge in [0.05, 0.1) is 11.7 Å². The van der Waals surface area contributed by atoms with E-state index in [4.69, 9.17) is 5.73 Å². The SMILES string of the molecule is Cc1nc(N)ccc1CNC(=O)C(C)NC(=O)[C@H]1C[C@@H](c2cccc(-n3cccn3)c2)CCN1. The van der Waals surface area contributed by atoms with Gasteiger partial charge in [0.2, 0.25) is 11.8 Å². The van der Waals surface area contributed by atoms with Crippen molar-refractivity contribution in [1.29, 1.82) is 0 Å². The van der Waals surface area contributed by atoms with Crippen LogP contribution in [-0.2, 0) is 16.1 Å². The monoisotopic (exact) mass is 461 g/mol. The molecule has 4 rings (SSSR count). The molecule has 1 aromatic carbocycles. The third-order valence-electron chi connectivity index (χ3n) is 6.25. The van der Waals surface area contributed by atoms with Gasteiger partial charge in [-0.05, 0) is 74.5 Å². The van der Waals surface area contributed by atoms with Crippen LogP contribution in [0.3, 0.4) is 0 Å². The van der Waals surface area contributed by atoms with Crippen LogP contribution < -0.4 is 21.7 Å². The second kappa shape index (κ2) is 10.5. The lowest BCUT2D eigenvalue weighted by Crippen LogP contribution is -2.53. The average molecular weight is 462 g/mol. The van der Waals surface area contributed by atoms with Crippen molar-refractivity contribution in [2.45, 2.75) is 51.2 Å². The third-order valence-corrected chi connectivity index (χ3v) is 6.25. The van der Waals surface area contributed by atoms with Gasteiger partial charge in [-0.2, -0.15) is 5.10 Å². The number of piperidine rings is 1. The summed E-state index contributed by atoms with van der Waals surface area (Å²) in [5.41, 5.74) is 9.52. The molecule has 0 bridgehead atoms. The Labute approximate surface area is 199 Å². The van der Waals surface area contributed by atoms with E-state index in [-0.39, 0.29) is 23.8 Å². The number of anilines is 1. The third kappa shape index (κ3) is 5.60. The van der Waals surface area contributed by atoms with Crippen molar-refractivity contribution < 1.29 is 9.59 Å². The molecule has 0 radical (unpaired) electrons. The first-order valence-electron chi connectivity index (χ1n) is 11.5. The van der Waals surface area contributed by atoms with Crippen LogP contribution in [-0.4, -0.2) is 45.2 Å². The molecule has 9 heteroatoms. The Bertz CT molecular complexity index is 1150. The summed E-state index contributed by atoms with van der Waals surface area (Å²) in [5.74, 6) is 0.280. The Morgan fingerprint density at radius 2 is 2.12 bits per heavy atom. The molecular weight excluding hydrogens is 430 g/mol. The highest BCUT2D eigenvalue weighted by Crippen LogP contribution is 2.29. The summed E-state index contributed by atoms with van der Waals surface area (Å²) in [4.78, 5) is 29.7. The van der Waals surface area contributed by atoms with Crippen molar-refractivity contribution >= 4 is 17.6 Å². The number of nitrogens with zero attached hydrogens (tertiary/aromatic N) is 3. The van der Waals surface area contributed by atoms with Crippen LogP contribution in [0.5, 0.6) is 0 Å². The van der Waals surface area contributed by atoms with Gasteiger partial charge in [-0.25, -0.2) is 9.67 Å². The van der Waals surface area contributed by atoms with E-state index in [1.807, 2.05) is 42.1 Å². The van der Waals surface area contributed by atoms with E-state index in [1.54, 1.807) is 19.2 Å². The molecule has 2 amide bonds. The van der Waals surface area contributed by atoms with Gasteiger partial charge in [0.15, 0.2) is 0 Å². The Hall–Kier alpha value is -3.72. The van der Waals surface area contributed by atoms with E-state index in [1.165, 1.54) is 5.56 Å². The van der Waals surface area contributed by atoms with Crippen molar-refractivity contribution in [3.05, 3.63) is 71.7 Å². The highest BCUT2D eigenvalue weighted by atomic mass is 16.2. The van der Waals surface area contributed by atoms with Crippen molar-refractivity contribution in [2.24, 2.45) is 0 Å². The lowest BCUT2D eigenvalue weighted by atomic mass is 9.86. The average Bonchev–Trinajstić information content (AvgIpc) is 3.38. The fourth-order valence-electron chi connectivity index (χ4n) is 4.27. The molecule has 3 aromatic rings. The van der Waals surface area contributed by atoms with E-state index >= 15 is 0 Å². The topological polar surface area (TPSA) is 127 Å². The zero-order chi connectivity index (χ0) is 24.1. The molecule has 5 N–H and O–H groups in total. The van der Waals surface area contributed by atoms with Crippen LogP contribution in [0.2, 0.25) is 0 Å². The first-order valence-corrected chi connectivity index (χ1v) is 11.5. The molecule has 178 valence electrons. The van der Waals surface area contributed by atoms with Crippen molar-refractivity contribution in [1.82, 2.24) is 30.7 Å². The smallest absolute Gasteiger partial charge is 0.242 e. The number of aromatic nitrogens is 3. The lowest BCUT2D eigenvalue weighted by Gasteiger charge is -2.30. The van der Waals surface area contributed by atoms with E-state index in [0.717, 1.165) is 29.9 Å². The number of hydrogen-bond acceptors (Lipinski definition) is 6. The van der Waals surface area contributed by atoms with Gasteiger partial charge in [-0.1, -0.05) is 18.2 Å². The molecule has 1 fully saturated rings. The number of hydrogen-bond donors (Lipinski definition) is 4. The normalized spacial score (nSPS) is 18.8. The molecule has 9 nitrogen and oxygen atoms in total. The van der Waals surface area contributed by atoms with Gasteiger partial charge in [0.1, 0.15) is 11.9 Å². The summed E-state index contributed by atoms with van der Waals surface area (Å²) >= 11 is 0. The van der Waals surface area contributed by atoms with E-state index < -0.39 is 6.04 Å². The Morgan fingerprint density at radius 1 is 1.26 bits per heavy atom. The van der Waals surface area contributed by atoms with E-state index in [9.17, 15) is 9.59 Å². The Balaban J connectivity index is 1.32. The summed E-state index contributed by atoms with van der Waals surface area (Å²) < 4.78 is 1.83. The minimum Gasteiger partial charge on any atom is -0.384 e. The van der Waals surface area contributed by atoms with Gasteiger partial charge in [0.25, 0.3) is 0 Å². The van der Waals surface area contributed by atoms with Gasteiger partial charge >= 0.3 is 0 Å². The largest absolute Gasteiger partial charge is 0.384 e. The van der Waals surface area contributed by atoms with Gasteiger partial charge in [0, 0.05) is 24.6 Å². The van der Waals surface area contributed by atoms with Crippen LogP contribution in [0.15, 0.2) is 54.9 Å². The predicted molar refractivity (Wildman–Crippen MR) is 130 cm³/mol. The fraction of sp³-hybridized carbons (Fsp3) is 0.360. The van der Waals surface area contributed by atoms with Crippen molar-refractivity contribution in [2.75, 3.05) is 12.3 Å². The van der Waals surface area contributed by atoms with Crippen LogP contribution in [0.25, 0.3) is 5.69 Å². The first kappa shape index (κ1) is 23.4. The highest BCUT2D eigenvalue weighted by Gasteiger charge is 2.29. The molecule has 1 unspecified atom stereocenters. The predicted octanol–water partition coefficient (Wildman–Crippen LogP) is 1.81. The number of nitrogens with one attached hydrogen (secondary N) is 3. The zero-order valence-corrected chi connectivity index (χ0v) is 19.5. The second-order valence-corrected chi connectivity index (χ2v) is 8.70. The minimum atomic E-state index is -0.653. The molecule has 0 aliphatic carbocycles. The first-order chi connectivity index (χ1) is 16.4. The van der Waals surface area contributed by atoms with Gasteiger partial charge in [-0.15, -0.1) is 0 Å².